The lowest BCUT2D eigenvalue weighted by Crippen LogP contribution is -2.49. The molecule has 4 heterocycles. The summed E-state index contributed by atoms with van der Waals surface area (Å²) in [5.74, 6) is -2.02. The van der Waals surface area contributed by atoms with Gasteiger partial charge in [-0.1, -0.05) is 0 Å². The van der Waals surface area contributed by atoms with Gasteiger partial charge in [0.15, 0.2) is 0 Å². The summed E-state index contributed by atoms with van der Waals surface area (Å²) in [7, 11) is 0. The number of hydrogen-bond donors (Lipinski definition) is 0. The number of rotatable bonds is 4. The van der Waals surface area contributed by atoms with E-state index in [9.17, 15) is 0 Å². The second-order valence-corrected chi connectivity index (χ2v) is 5.99. The Balaban J connectivity index is 1.52. The first-order chi connectivity index (χ1) is 9.99. The van der Waals surface area contributed by atoms with E-state index >= 15 is 0 Å². The Morgan fingerprint density at radius 2 is 1.00 bits per heavy atom. The Labute approximate surface area is 123 Å². The van der Waals surface area contributed by atoms with E-state index in [1.54, 1.807) is 13.8 Å². The predicted molar refractivity (Wildman–Crippen MR) is 68.2 cm³/mol. The van der Waals surface area contributed by atoms with Crippen molar-refractivity contribution >= 4 is 0 Å². The maximum absolute atomic E-state index is 5.94. The van der Waals surface area contributed by atoms with Crippen molar-refractivity contribution in [2.24, 2.45) is 0 Å². The van der Waals surface area contributed by atoms with Crippen molar-refractivity contribution in [3.05, 3.63) is 0 Å². The molecule has 4 saturated heterocycles. The van der Waals surface area contributed by atoms with E-state index in [0.717, 1.165) is 0 Å². The second kappa shape index (κ2) is 4.61. The molecule has 0 radical (unpaired) electrons. The normalized spacial score (nSPS) is 57.7. The summed E-state index contributed by atoms with van der Waals surface area (Å²) < 4.78 is 40.8. The third kappa shape index (κ3) is 1.99. The fourth-order valence-corrected chi connectivity index (χ4v) is 3.85. The van der Waals surface area contributed by atoms with E-state index in [1.165, 1.54) is 0 Å². The first-order valence-corrected chi connectivity index (χ1v) is 7.63. The van der Waals surface area contributed by atoms with Crippen LogP contribution >= 0.6 is 0 Å². The highest BCUT2D eigenvalue weighted by molar-refractivity contribution is 5.14. The fraction of sp³-hybridized carbons (Fsp3) is 1.00. The zero-order chi connectivity index (χ0) is 14.8. The highest BCUT2D eigenvalue weighted by Gasteiger charge is 2.71. The van der Waals surface area contributed by atoms with E-state index in [-0.39, 0.29) is 36.6 Å². The molecule has 4 aliphatic rings. The Hall–Kier alpha value is -0.280. The van der Waals surface area contributed by atoms with Gasteiger partial charge in [0.05, 0.1) is 0 Å². The lowest BCUT2D eigenvalue weighted by atomic mass is 9.90. The van der Waals surface area contributed by atoms with Gasteiger partial charge in [0.25, 0.3) is 11.9 Å². The van der Waals surface area contributed by atoms with Crippen molar-refractivity contribution in [2.45, 2.75) is 76.3 Å². The summed E-state index contributed by atoms with van der Waals surface area (Å²) in [5, 5.41) is 0. The Kier molecular flexibility index (Phi) is 3.14. The van der Waals surface area contributed by atoms with Gasteiger partial charge >= 0.3 is 0 Å². The highest BCUT2D eigenvalue weighted by atomic mass is 16.9. The Morgan fingerprint density at radius 1 is 0.667 bits per heavy atom. The van der Waals surface area contributed by atoms with E-state index in [2.05, 4.69) is 0 Å². The van der Waals surface area contributed by atoms with Crippen molar-refractivity contribution in [3.63, 3.8) is 0 Å². The van der Waals surface area contributed by atoms with E-state index in [0.29, 0.717) is 13.2 Å². The van der Waals surface area contributed by atoms with Crippen LogP contribution < -0.4 is 0 Å². The second-order valence-electron chi connectivity index (χ2n) is 5.99. The van der Waals surface area contributed by atoms with Crippen LogP contribution in [-0.2, 0) is 33.2 Å². The average Bonchev–Trinajstić information content (AvgIpc) is 3.05. The zero-order valence-corrected chi connectivity index (χ0v) is 12.7. The van der Waals surface area contributed by atoms with Gasteiger partial charge in [-0.25, -0.2) is 0 Å². The highest BCUT2D eigenvalue weighted by Crippen LogP contribution is 2.52. The standard InChI is InChI=1S/C14H22O7/c1-5-15-13(3)18-9-7-11-12(8(17-7)10(9)19-13)21-14(4,20-11)16-6-2/h7-12H,5-6H2,1-4H3/t7?,8?,9-,10+,11+,12-,13?,14?. The van der Waals surface area contributed by atoms with Crippen LogP contribution in [0, 0.1) is 0 Å². The van der Waals surface area contributed by atoms with E-state index in [4.69, 9.17) is 33.2 Å². The zero-order valence-electron chi connectivity index (χ0n) is 12.7. The van der Waals surface area contributed by atoms with Crippen LogP contribution in [0.2, 0.25) is 0 Å². The third-order valence-electron chi connectivity index (χ3n) is 4.47. The molecule has 0 aromatic rings. The smallest absolute Gasteiger partial charge is 0.280 e. The molecule has 0 spiro atoms. The molecule has 0 aromatic carbocycles. The summed E-state index contributed by atoms with van der Waals surface area (Å²) in [6.07, 6.45) is -1.20. The Morgan fingerprint density at radius 3 is 1.29 bits per heavy atom. The predicted octanol–water partition coefficient (Wildman–Crippen LogP) is 0.756. The van der Waals surface area contributed by atoms with Crippen LogP contribution in [0.4, 0.5) is 0 Å². The molecule has 4 rings (SSSR count). The summed E-state index contributed by atoms with van der Waals surface area (Å²) in [6, 6.07) is 0. The molecule has 2 bridgehead atoms. The molecular weight excluding hydrogens is 280 g/mol. The van der Waals surface area contributed by atoms with Gasteiger partial charge in [0.1, 0.15) is 36.6 Å². The van der Waals surface area contributed by atoms with Gasteiger partial charge in [0.2, 0.25) is 0 Å². The first kappa shape index (κ1) is 14.3. The summed E-state index contributed by atoms with van der Waals surface area (Å²) in [6.45, 7) is 8.44. The van der Waals surface area contributed by atoms with Crippen molar-refractivity contribution in [1.29, 1.82) is 0 Å². The maximum Gasteiger partial charge on any atom is 0.280 e. The molecule has 120 valence electrons. The lowest BCUT2D eigenvalue weighted by Gasteiger charge is -2.27. The fourth-order valence-electron chi connectivity index (χ4n) is 3.85. The van der Waals surface area contributed by atoms with Gasteiger partial charge in [-0.3, -0.25) is 0 Å². The maximum atomic E-state index is 5.94. The van der Waals surface area contributed by atoms with Gasteiger partial charge in [-0.15, -0.1) is 0 Å². The van der Waals surface area contributed by atoms with Gasteiger partial charge in [-0.2, -0.15) is 0 Å². The van der Waals surface area contributed by atoms with Crippen molar-refractivity contribution < 1.29 is 33.2 Å². The molecule has 0 amide bonds. The van der Waals surface area contributed by atoms with Gasteiger partial charge < -0.3 is 33.2 Å². The molecule has 4 aliphatic heterocycles. The minimum absolute atomic E-state index is 0.194. The molecule has 4 unspecified atom stereocenters. The molecule has 0 N–H and O–H groups in total. The van der Waals surface area contributed by atoms with Crippen LogP contribution in [-0.4, -0.2) is 61.8 Å². The molecule has 0 aromatic heterocycles. The quantitative estimate of drug-likeness (QED) is 0.759. The largest absolute Gasteiger partial charge is 0.364 e. The molecular formula is C14H22O7. The number of fused-ring (bicyclic) bond motifs is 8. The van der Waals surface area contributed by atoms with Crippen molar-refractivity contribution in [2.75, 3.05) is 13.2 Å². The topological polar surface area (TPSA) is 64.6 Å². The summed E-state index contributed by atoms with van der Waals surface area (Å²) in [5.41, 5.74) is 0. The van der Waals surface area contributed by atoms with Crippen LogP contribution in [0.5, 0.6) is 0 Å². The minimum atomic E-state index is -1.01. The number of ether oxygens (including phenoxy) is 7. The Bertz CT molecular complexity index is 366. The summed E-state index contributed by atoms with van der Waals surface area (Å²) >= 11 is 0. The van der Waals surface area contributed by atoms with Gasteiger partial charge in [0, 0.05) is 27.1 Å². The van der Waals surface area contributed by atoms with Crippen LogP contribution in [0.1, 0.15) is 27.7 Å². The monoisotopic (exact) mass is 302 g/mol. The van der Waals surface area contributed by atoms with E-state index < -0.39 is 11.9 Å². The molecule has 7 nitrogen and oxygen atoms in total. The molecule has 21 heavy (non-hydrogen) atoms. The third-order valence-corrected chi connectivity index (χ3v) is 4.47. The SMILES string of the molecule is CCOC1(C)O[C@@H]2C3OC([C@H]4OC(C)(OCC)O[C@@H]34)[C@@H]2O1. The molecule has 7 heteroatoms. The van der Waals surface area contributed by atoms with Crippen molar-refractivity contribution in [1.82, 2.24) is 0 Å². The summed E-state index contributed by atoms with van der Waals surface area (Å²) in [4.78, 5) is 0. The molecule has 8 atom stereocenters. The molecule has 4 fully saturated rings. The molecule has 0 saturated carbocycles. The van der Waals surface area contributed by atoms with Crippen LogP contribution in [0.15, 0.2) is 0 Å². The molecule has 0 aliphatic carbocycles. The van der Waals surface area contributed by atoms with Gasteiger partial charge in [-0.05, 0) is 13.8 Å². The minimum Gasteiger partial charge on any atom is -0.364 e. The lowest BCUT2D eigenvalue weighted by molar-refractivity contribution is -0.357. The average molecular weight is 302 g/mol. The number of hydrogen-bond acceptors (Lipinski definition) is 7. The van der Waals surface area contributed by atoms with E-state index in [1.807, 2.05) is 13.8 Å². The first-order valence-electron chi connectivity index (χ1n) is 7.63. The van der Waals surface area contributed by atoms with Crippen LogP contribution in [0.25, 0.3) is 0 Å². The van der Waals surface area contributed by atoms with Crippen molar-refractivity contribution in [3.8, 4) is 0 Å². The van der Waals surface area contributed by atoms with Crippen LogP contribution in [0.3, 0.4) is 0 Å².